The van der Waals surface area contributed by atoms with Crippen molar-refractivity contribution < 1.29 is 18.9 Å². The zero-order valence-electron chi connectivity index (χ0n) is 12.7. The molecule has 2 rings (SSSR count). The predicted molar refractivity (Wildman–Crippen MR) is 92.2 cm³/mol. The van der Waals surface area contributed by atoms with E-state index >= 15 is 0 Å². The molecule has 2 amide bonds. The molecule has 9 nitrogen and oxygen atoms in total. The average molecular weight is 383 g/mol. The van der Waals surface area contributed by atoms with Crippen molar-refractivity contribution in [2.75, 3.05) is 0 Å². The number of nitro groups is 1. The summed E-state index contributed by atoms with van der Waals surface area (Å²) < 4.78 is 5.00. The van der Waals surface area contributed by atoms with Crippen molar-refractivity contribution in [3.63, 3.8) is 0 Å². The van der Waals surface area contributed by atoms with E-state index in [2.05, 4.69) is 16.2 Å². The molecule has 11 heteroatoms. The average Bonchev–Trinajstić information content (AvgIpc) is 2.98. The van der Waals surface area contributed by atoms with Gasteiger partial charge in [0.25, 0.3) is 17.5 Å². The Balaban J connectivity index is 1.95. The molecule has 1 aromatic carbocycles. The lowest BCUT2D eigenvalue weighted by atomic mass is 10.2. The minimum atomic E-state index is -0.705. The summed E-state index contributed by atoms with van der Waals surface area (Å²) >= 11 is 10.6. The SMILES string of the molecule is Cc1occc1C(=O)NNC(=S)NC(=O)c1ccc(Cl)c([N+](=O)[O-])c1. The fourth-order valence-electron chi connectivity index (χ4n) is 1.80. The molecule has 25 heavy (non-hydrogen) atoms. The number of carbonyl (C=O) groups is 2. The van der Waals surface area contributed by atoms with Gasteiger partial charge in [-0.2, -0.15) is 0 Å². The number of benzene rings is 1. The smallest absolute Gasteiger partial charge is 0.288 e. The number of hydrogen-bond acceptors (Lipinski definition) is 6. The van der Waals surface area contributed by atoms with Crippen molar-refractivity contribution in [2.24, 2.45) is 0 Å². The third-order valence-electron chi connectivity index (χ3n) is 3.03. The number of thiocarbonyl (C=S) groups is 1. The van der Waals surface area contributed by atoms with Crippen molar-refractivity contribution in [1.29, 1.82) is 0 Å². The molecule has 0 saturated heterocycles. The number of nitrogens with one attached hydrogen (secondary N) is 3. The van der Waals surface area contributed by atoms with Gasteiger partial charge < -0.3 is 4.42 Å². The Morgan fingerprint density at radius 2 is 1.96 bits per heavy atom. The molecule has 130 valence electrons. The second kappa shape index (κ2) is 7.73. The summed E-state index contributed by atoms with van der Waals surface area (Å²) in [5.41, 5.74) is 4.51. The van der Waals surface area contributed by atoms with Gasteiger partial charge in [0.05, 0.1) is 16.7 Å². The fourth-order valence-corrected chi connectivity index (χ4v) is 2.13. The summed E-state index contributed by atoms with van der Waals surface area (Å²) in [5.74, 6) is -0.793. The van der Waals surface area contributed by atoms with Gasteiger partial charge in [-0.3, -0.25) is 35.9 Å². The number of hydrazine groups is 1. The fraction of sp³-hybridized carbons (Fsp3) is 0.0714. The van der Waals surface area contributed by atoms with Crippen molar-refractivity contribution in [1.82, 2.24) is 16.2 Å². The Bertz CT molecular complexity index is 867. The molecule has 0 aliphatic rings. The number of nitro benzene ring substituents is 1. The second-order valence-corrected chi connectivity index (χ2v) is 5.49. The van der Waals surface area contributed by atoms with Gasteiger partial charge in [-0.25, -0.2) is 0 Å². The number of aryl methyl sites for hydroxylation is 1. The standard InChI is InChI=1S/C14H11ClN4O5S/c1-7-9(4-5-24-7)13(21)17-18-14(25)16-12(20)8-2-3-10(15)11(6-8)19(22)23/h2-6H,1H3,(H,17,21)(H2,16,18,20,25). The van der Waals surface area contributed by atoms with Crippen molar-refractivity contribution in [3.05, 3.63) is 62.6 Å². The van der Waals surface area contributed by atoms with Crippen LogP contribution >= 0.6 is 23.8 Å². The lowest BCUT2D eigenvalue weighted by Crippen LogP contribution is -2.48. The maximum atomic E-state index is 12.0. The Morgan fingerprint density at radius 1 is 1.24 bits per heavy atom. The number of nitrogens with zero attached hydrogens (tertiary/aromatic N) is 1. The van der Waals surface area contributed by atoms with Crippen LogP contribution in [0, 0.1) is 17.0 Å². The predicted octanol–water partition coefficient (Wildman–Crippen LogP) is 2.10. The second-order valence-electron chi connectivity index (χ2n) is 4.68. The normalized spacial score (nSPS) is 10.0. The Labute approximate surface area is 151 Å². The molecule has 1 aromatic heterocycles. The summed E-state index contributed by atoms with van der Waals surface area (Å²) in [4.78, 5) is 34.0. The van der Waals surface area contributed by atoms with E-state index in [1.165, 1.54) is 24.5 Å². The van der Waals surface area contributed by atoms with Gasteiger partial charge in [0.2, 0.25) is 0 Å². The summed E-state index contributed by atoms with van der Waals surface area (Å²) in [5, 5.41) is 12.8. The minimum Gasteiger partial charge on any atom is -0.469 e. The number of furan rings is 1. The van der Waals surface area contributed by atoms with Gasteiger partial charge in [-0.15, -0.1) is 0 Å². The molecule has 2 aromatic rings. The van der Waals surface area contributed by atoms with Gasteiger partial charge in [0, 0.05) is 11.6 Å². The number of amides is 2. The van der Waals surface area contributed by atoms with Crippen LogP contribution in [0.5, 0.6) is 0 Å². The van der Waals surface area contributed by atoms with Crippen molar-refractivity contribution >= 4 is 46.4 Å². The molecule has 0 unspecified atom stereocenters. The van der Waals surface area contributed by atoms with E-state index in [1.54, 1.807) is 6.92 Å². The van der Waals surface area contributed by atoms with E-state index in [0.717, 1.165) is 6.07 Å². The van der Waals surface area contributed by atoms with Gasteiger partial charge in [0.1, 0.15) is 10.8 Å². The molecular formula is C14H11ClN4O5S. The molecule has 0 fully saturated rings. The van der Waals surface area contributed by atoms with Crippen molar-refractivity contribution in [2.45, 2.75) is 6.92 Å². The first-order valence-corrected chi connectivity index (χ1v) is 7.48. The summed E-state index contributed by atoms with van der Waals surface area (Å²) in [6, 6.07) is 5.03. The van der Waals surface area contributed by atoms with Crippen LogP contribution < -0.4 is 16.2 Å². The van der Waals surface area contributed by atoms with Crippen LogP contribution in [0.1, 0.15) is 26.5 Å². The Hall–Kier alpha value is -2.98. The highest BCUT2D eigenvalue weighted by Gasteiger charge is 2.17. The maximum Gasteiger partial charge on any atom is 0.288 e. The van der Waals surface area contributed by atoms with Gasteiger partial charge >= 0.3 is 0 Å². The van der Waals surface area contributed by atoms with Crippen LogP contribution in [0.2, 0.25) is 5.02 Å². The molecule has 0 spiro atoms. The van der Waals surface area contributed by atoms with Gasteiger partial charge in [0.15, 0.2) is 5.11 Å². The topological polar surface area (TPSA) is 127 Å². The monoisotopic (exact) mass is 382 g/mol. The van der Waals surface area contributed by atoms with Crippen LogP contribution in [0.25, 0.3) is 0 Å². The van der Waals surface area contributed by atoms with Crippen LogP contribution in [0.3, 0.4) is 0 Å². The number of carbonyl (C=O) groups excluding carboxylic acids is 2. The Kier molecular flexibility index (Phi) is 5.67. The third-order valence-corrected chi connectivity index (χ3v) is 3.55. The molecule has 0 aliphatic heterocycles. The van der Waals surface area contributed by atoms with Gasteiger partial charge in [-0.05, 0) is 37.3 Å². The largest absolute Gasteiger partial charge is 0.469 e. The number of hydrogen-bond donors (Lipinski definition) is 3. The molecule has 3 N–H and O–H groups in total. The quantitative estimate of drug-likeness (QED) is 0.421. The first-order valence-electron chi connectivity index (χ1n) is 6.69. The molecule has 0 bridgehead atoms. The van der Waals surface area contributed by atoms with Crippen LogP contribution in [-0.2, 0) is 0 Å². The molecular weight excluding hydrogens is 372 g/mol. The van der Waals surface area contributed by atoms with E-state index in [4.69, 9.17) is 28.2 Å². The lowest BCUT2D eigenvalue weighted by Gasteiger charge is -2.10. The maximum absolute atomic E-state index is 12.0. The zero-order valence-corrected chi connectivity index (χ0v) is 14.2. The third kappa shape index (κ3) is 4.52. The highest BCUT2D eigenvalue weighted by atomic mass is 35.5. The Morgan fingerprint density at radius 3 is 2.56 bits per heavy atom. The zero-order chi connectivity index (χ0) is 18.6. The molecule has 0 aliphatic carbocycles. The summed E-state index contributed by atoms with van der Waals surface area (Å²) in [7, 11) is 0. The van der Waals surface area contributed by atoms with Crippen LogP contribution in [0.15, 0.2) is 34.9 Å². The van der Waals surface area contributed by atoms with E-state index in [9.17, 15) is 19.7 Å². The van der Waals surface area contributed by atoms with Crippen LogP contribution in [0.4, 0.5) is 5.69 Å². The molecule has 1 heterocycles. The van der Waals surface area contributed by atoms with E-state index in [-0.39, 0.29) is 15.7 Å². The van der Waals surface area contributed by atoms with E-state index in [0.29, 0.717) is 11.3 Å². The van der Waals surface area contributed by atoms with E-state index in [1.807, 2.05) is 0 Å². The number of halogens is 1. The first kappa shape index (κ1) is 18.4. The highest BCUT2D eigenvalue weighted by Crippen LogP contribution is 2.24. The molecule has 0 radical (unpaired) electrons. The summed E-state index contributed by atoms with van der Waals surface area (Å²) in [6.45, 7) is 1.61. The van der Waals surface area contributed by atoms with Gasteiger partial charge in [-0.1, -0.05) is 11.6 Å². The molecule has 0 atom stereocenters. The molecule has 0 saturated carbocycles. The number of rotatable bonds is 3. The first-order chi connectivity index (χ1) is 11.8. The van der Waals surface area contributed by atoms with Crippen molar-refractivity contribution in [3.8, 4) is 0 Å². The highest BCUT2D eigenvalue weighted by molar-refractivity contribution is 7.80. The van der Waals surface area contributed by atoms with E-state index < -0.39 is 22.4 Å². The van der Waals surface area contributed by atoms with Crippen LogP contribution in [-0.4, -0.2) is 21.9 Å². The lowest BCUT2D eigenvalue weighted by molar-refractivity contribution is -0.384. The summed E-state index contributed by atoms with van der Waals surface area (Å²) in [6.07, 6.45) is 1.36. The minimum absolute atomic E-state index is 0.0164.